The van der Waals surface area contributed by atoms with Crippen LogP contribution in [0.15, 0.2) is 0 Å². The van der Waals surface area contributed by atoms with Gasteiger partial charge in [-0.15, -0.1) is 0 Å². The number of nitrogens with zero attached hydrogens (tertiary/aromatic N) is 1. The topological polar surface area (TPSA) is 35.5 Å². The standard InChI is InChI=1S/C8H18N2O/c1-7-5-10(4-3-9-7)6-8(2)11/h7-9,11H,3-6H2,1-2H3/t7-,8?/m0/s1. The first-order valence-electron chi connectivity index (χ1n) is 4.32. The average Bonchev–Trinajstić information content (AvgIpc) is 1.85. The van der Waals surface area contributed by atoms with E-state index in [-0.39, 0.29) is 6.10 Å². The van der Waals surface area contributed by atoms with Gasteiger partial charge in [-0.25, -0.2) is 0 Å². The van der Waals surface area contributed by atoms with Crippen LogP contribution in [0.2, 0.25) is 0 Å². The van der Waals surface area contributed by atoms with Gasteiger partial charge in [-0.2, -0.15) is 0 Å². The lowest BCUT2D eigenvalue weighted by Gasteiger charge is -2.32. The van der Waals surface area contributed by atoms with E-state index in [2.05, 4.69) is 17.1 Å². The molecule has 11 heavy (non-hydrogen) atoms. The molecular weight excluding hydrogens is 140 g/mol. The second-order valence-corrected chi connectivity index (χ2v) is 3.46. The van der Waals surface area contributed by atoms with Gasteiger partial charge >= 0.3 is 0 Å². The molecule has 0 amide bonds. The summed E-state index contributed by atoms with van der Waals surface area (Å²) in [7, 11) is 0. The highest BCUT2D eigenvalue weighted by molar-refractivity contribution is 4.75. The van der Waals surface area contributed by atoms with Crippen molar-refractivity contribution in [1.82, 2.24) is 10.2 Å². The molecule has 0 aromatic heterocycles. The highest BCUT2D eigenvalue weighted by Gasteiger charge is 2.15. The van der Waals surface area contributed by atoms with Gasteiger partial charge in [0.25, 0.3) is 0 Å². The van der Waals surface area contributed by atoms with Crippen LogP contribution in [0.1, 0.15) is 13.8 Å². The summed E-state index contributed by atoms with van der Waals surface area (Å²) in [6.07, 6.45) is -0.194. The van der Waals surface area contributed by atoms with E-state index in [1.54, 1.807) is 0 Å². The minimum atomic E-state index is -0.194. The molecule has 0 aliphatic carbocycles. The fraction of sp³-hybridized carbons (Fsp3) is 1.00. The van der Waals surface area contributed by atoms with Crippen molar-refractivity contribution >= 4 is 0 Å². The zero-order valence-corrected chi connectivity index (χ0v) is 7.38. The van der Waals surface area contributed by atoms with E-state index in [0.29, 0.717) is 6.04 Å². The zero-order chi connectivity index (χ0) is 8.27. The summed E-state index contributed by atoms with van der Waals surface area (Å²) in [6.45, 7) is 8.00. The van der Waals surface area contributed by atoms with Crippen molar-refractivity contribution in [3.63, 3.8) is 0 Å². The molecule has 0 aromatic carbocycles. The summed E-state index contributed by atoms with van der Waals surface area (Å²) >= 11 is 0. The Hall–Kier alpha value is -0.120. The molecule has 1 rings (SSSR count). The van der Waals surface area contributed by atoms with E-state index in [9.17, 15) is 0 Å². The number of nitrogens with one attached hydrogen (secondary N) is 1. The molecule has 0 radical (unpaired) electrons. The lowest BCUT2D eigenvalue weighted by atomic mass is 10.2. The predicted octanol–water partition coefficient (Wildman–Crippen LogP) is -0.339. The molecule has 3 heteroatoms. The Morgan fingerprint density at radius 1 is 1.73 bits per heavy atom. The van der Waals surface area contributed by atoms with Crippen molar-refractivity contribution in [3.05, 3.63) is 0 Å². The number of aliphatic hydroxyl groups is 1. The number of hydrogen-bond donors (Lipinski definition) is 2. The van der Waals surface area contributed by atoms with Crippen molar-refractivity contribution in [1.29, 1.82) is 0 Å². The van der Waals surface area contributed by atoms with Crippen LogP contribution in [0.5, 0.6) is 0 Å². The van der Waals surface area contributed by atoms with Crippen molar-refractivity contribution in [2.45, 2.75) is 26.0 Å². The molecule has 0 saturated carbocycles. The zero-order valence-electron chi connectivity index (χ0n) is 7.38. The smallest absolute Gasteiger partial charge is 0.0639 e. The minimum Gasteiger partial charge on any atom is -0.392 e. The number of hydrogen-bond acceptors (Lipinski definition) is 3. The molecule has 1 unspecified atom stereocenters. The summed E-state index contributed by atoms with van der Waals surface area (Å²) < 4.78 is 0. The van der Waals surface area contributed by atoms with Crippen LogP contribution >= 0.6 is 0 Å². The number of rotatable bonds is 2. The molecule has 2 atom stereocenters. The van der Waals surface area contributed by atoms with Crippen molar-refractivity contribution in [2.24, 2.45) is 0 Å². The van der Waals surface area contributed by atoms with Gasteiger partial charge < -0.3 is 10.4 Å². The molecule has 0 bridgehead atoms. The Morgan fingerprint density at radius 2 is 2.45 bits per heavy atom. The maximum atomic E-state index is 9.13. The highest BCUT2D eigenvalue weighted by Crippen LogP contribution is 1.99. The third kappa shape index (κ3) is 3.18. The molecule has 66 valence electrons. The number of β-amino-alcohol motifs (C(OH)–C–C–N with tert-alkyl or cyclic N) is 1. The first-order chi connectivity index (χ1) is 5.18. The fourth-order valence-electron chi connectivity index (χ4n) is 1.55. The second kappa shape index (κ2) is 4.04. The van der Waals surface area contributed by atoms with Gasteiger partial charge in [-0.05, 0) is 13.8 Å². The summed E-state index contributed by atoms with van der Waals surface area (Å²) in [6, 6.07) is 0.572. The van der Waals surface area contributed by atoms with Gasteiger partial charge in [0, 0.05) is 32.2 Å². The minimum absolute atomic E-state index is 0.194. The average molecular weight is 158 g/mol. The van der Waals surface area contributed by atoms with Gasteiger partial charge in [-0.1, -0.05) is 0 Å². The van der Waals surface area contributed by atoms with E-state index in [1.165, 1.54) is 0 Å². The molecule has 3 nitrogen and oxygen atoms in total. The van der Waals surface area contributed by atoms with Crippen LogP contribution < -0.4 is 5.32 Å². The Balaban J connectivity index is 2.23. The quantitative estimate of drug-likeness (QED) is 0.577. The summed E-state index contributed by atoms with van der Waals surface area (Å²) in [5.74, 6) is 0. The first kappa shape index (κ1) is 8.97. The van der Waals surface area contributed by atoms with E-state index >= 15 is 0 Å². The van der Waals surface area contributed by atoms with Crippen LogP contribution in [-0.2, 0) is 0 Å². The molecule has 2 N–H and O–H groups in total. The predicted molar refractivity (Wildman–Crippen MR) is 45.6 cm³/mol. The Morgan fingerprint density at radius 3 is 3.00 bits per heavy atom. The third-order valence-electron chi connectivity index (χ3n) is 1.98. The summed E-state index contributed by atoms with van der Waals surface area (Å²) in [5.41, 5.74) is 0. The summed E-state index contributed by atoms with van der Waals surface area (Å²) in [5, 5.41) is 12.5. The Kier molecular flexibility index (Phi) is 3.30. The Bertz CT molecular complexity index is 115. The van der Waals surface area contributed by atoms with Crippen LogP contribution in [0.4, 0.5) is 0 Å². The summed E-state index contributed by atoms with van der Waals surface area (Å²) in [4.78, 5) is 2.30. The van der Waals surface area contributed by atoms with Gasteiger partial charge in [-0.3, -0.25) is 4.90 Å². The molecule has 1 saturated heterocycles. The van der Waals surface area contributed by atoms with E-state index in [0.717, 1.165) is 26.2 Å². The van der Waals surface area contributed by atoms with Crippen molar-refractivity contribution in [2.75, 3.05) is 26.2 Å². The fourth-order valence-corrected chi connectivity index (χ4v) is 1.55. The lowest BCUT2D eigenvalue weighted by molar-refractivity contribution is 0.108. The van der Waals surface area contributed by atoms with Crippen molar-refractivity contribution < 1.29 is 5.11 Å². The second-order valence-electron chi connectivity index (χ2n) is 3.46. The molecule has 1 aliphatic heterocycles. The van der Waals surface area contributed by atoms with E-state index in [1.807, 2.05) is 6.92 Å². The van der Waals surface area contributed by atoms with Crippen LogP contribution in [0.25, 0.3) is 0 Å². The van der Waals surface area contributed by atoms with Gasteiger partial charge in [0.05, 0.1) is 6.10 Å². The molecular formula is C8H18N2O. The molecule has 1 fully saturated rings. The number of aliphatic hydroxyl groups excluding tert-OH is 1. The molecule has 0 aromatic rings. The van der Waals surface area contributed by atoms with E-state index in [4.69, 9.17) is 5.11 Å². The van der Waals surface area contributed by atoms with Gasteiger partial charge in [0.2, 0.25) is 0 Å². The maximum absolute atomic E-state index is 9.13. The normalized spacial score (nSPS) is 30.3. The van der Waals surface area contributed by atoms with Crippen LogP contribution in [0, 0.1) is 0 Å². The monoisotopic (exact) mass is 158 g/mol. The van der Waals surface area contributed by atoms with Gasteiger partial charge in [0.1, 0.15) is 0 Å². The lowest BCUT2D eigenvalue weighted by Crippen LogP contribution is -2.50. The van der Waals surface area contributed by atoms with Crippen LogP contribution in [0.3, 0.4) is 0 Å². The molecule has 1 heterocycles. The third-order valence-corrected chi connectivity index (χ3v) is 1.98. The largest absolute Gasteiger partial charge is 0.392 e. The van der Waals surface area contributed by atoms with E-state index < -0.39 is 0 Å². The molecule has 0 spiro atoms. The Labute approximate surface area is 68.4 Å². The van der Waals surface area contributed by atoms with Gasteiger partial charge in [0.15, 0.2) is 0 Å². The van der Waals surface area contributed by atoms with Crippen LogP contribution in [-0.4, -0.2) is 48.3 Å². The highest BCUT2D eigenvalue weighted by atomic mass is 16.3. The number of piperazine rings is 1. The van der Waals surface area contributed by atoms with Crippen molar-refractivity contribution in [3.8, 4) is 0 Å². The molecule has 1 aliphatic rings. The SMILES string of the molecule is CC(O)CN1CCN[C@@H](C)C1. The first-order valence-corrected chi connectivity index (χ1v) is 4.32. The maximum Gasteiger partial charge on any atom is 0.0639 e.